The maximum atomic E-state index is 10.8. The number of carboxylic acid groups (broad SMARTS) is 1. The van der Waals surface area contributed by atoms with Crippen LogP contribution in [0.3, 0.4) is 0 Å². The van der Waals surface area contributed by atoms with E-state index in [0.717, 1.165) is 12.3 Å². The fourth-order valence-corrected chi connectivity index (χ4v) is 1.81. The predicted molar refractivity (Wildman–Crippen MR) is 73.8 cm³/mol. The molecule has 0 aliphatic heterocycles. The van der Waals surface area contributed by atoms with Crippen LogP contribution in [0.15, 0.2) is 36.5 Å². The second-order valence-electron chi connectivity index (χ2n) is 4.02. The molecule has 0 saturated heterocycles. The Bertz CT molecular complexity index is 705. The number of ether oxygens (including phenoxy) is 1. The van der Waals surface area contributed by atoms with E-state index in [1.54, 1.807) is 24.3 Å². The number of pyridine rings is 1. The number of nitro groups is 1. The van der Waals surface area contributed by atoms with Crippen LogP contribution in [0, 0.1) is 10.1 Å². The molecule has 0 saturated carbocycles. The first-order chi connectivity index (χ1) is 9.97. The Hall–Kier alpha value is -2.67. The molecule has 0 radical (unpaired) electrons. The Kier molecular flexibility index (Phi) is 4.34. The van der Waals surface area contributed by atoms with Crippen LogP contribution in [0.2, 0.25) is 5.02 Å². The van der Waals surface area contributed by atoms with E-state index in [1.165, 1.54) is 0 Å². The van der Waals surface area contributed by atoms with Crippen molar-refractivity contribution in [2.24, 2.45) is 0 Å². The lowest BCUT2D eigenvalue weighted by molar-refractivity contribution is -0.385. The van der Waals surface area contributed by atoms with Gasteiger partial charge in [-0.3, -0.25) is 14.9 Å². The SMILES string of the molecule is O=C(O)Cc1ccccc1Oc1ncc([N+](=O)[O-])cc1Cl. The number of carbonyl (C=O) groups is 1. The van der Waals surface area contributed by atoms with E-state index in [-0.39, 0.29) is 28.8 Å². The molecule has 1 heterocycles. The molecule has 1 N–H and O–H groups in total. The van der Waals surface area contributed by atoms with Crippen LogP contribution < -0.4 is 4.74 Å². The maximum absolute atomic E-state index is 10.8. The van der Waals surface area contributed by atoms with Gasteiger partial charge in [0.1, 0.15) is 17.0 Å². The molecular formula is C13H9ClN2O5. The van der Waals surface area contributed by atoms with Crippen LogP contribution in [0.1, 0.15) is 5.56 Å². The molecule has 0 fully saturated rings. The summed E-state index contributed by atoms with van der Waals surface area (Å²) in [6, 6.07) is 7.63. The number of aliphatic carboxylic acids is 1. The molecule has 2 rings (SSSR count). The molecule has 7 nitrogen and oxygen atoms in total. The second-order valence-corrected chi connectivity index (χ2v) is 4.43. The zero-order valence-electron chi connectivity index (χ0n) is 10.5. The first kappa shape index (κ1) is 14.7. The standard InChI is InChI=1S/C13H9ClN2O5/c14-10-6-9(16(19)20)7-15-13(10)21-11-4-2-1-3-8(11)5-12(17)18/h1-4,6-7H,5H2,(H,17,18). The number of hydrogen-bond acceptors (Lipinski definition) is 5. The summed E-state index contributed by atoms with van der Waals surface area (Å²) in [6.07, 6.45) is 0.793. The highest BCUT2D eigenvalue weighted by Crippen LogP contribution is 2.31. The van der Waals surface area contributed by atoms with E-state index in [1.807, 2.05) is 0 Å². The quantitative estimate of drug-likeness (QED) is 0.672. The molecule has 0 atom stereocenters. The fraction of sp³-hybridized carbons (Fsp3) is 0.0769. The Balaban J connectivity index is 2.30. The van der Waals surface area contributed by atoms with E-state index in [4.69, 9.17) is 21.4 Å². The fourth-order valence-electron chi connectivity index (χ4n) is 1.61. The number of carboxylic acids is 1. The zero-order chi connectivity index (χ0) is 15.4. The molecule has 0 unspecified atom stereocenters. The number of hydrogen-bond donors (Lipinski definition) is 1. The first-order valence-corrected chi connectivity index (χ1v) is 6.12. The van der Waals surface area contributed by atoms with Crippen LogP contribution in [0.25, 0.3) is 0 Å². The van der Waals surface area contributed by atoms with Gasteiger partial charge >= 0.3 is 5.97 Å². The zero-order valence-corrected chi connectivity index (χ0v) is 11.3. The Morgan fingerprint density at radius 3 is 2.76 bits per heavy atom. The molecule has 0 aliphatic rings. The molecule has 0 spiro atoms. The summed E-state index contributed by atoms with van der Waals surface area (Å²) < 4.78 is 5.45. The molecule has 1 aromatic carbocycles. The number of nitrogens with zero attached hydrogens (tertiary/aromatic N) is 2. The summed E-state index contributed by atoms with van der Waals surface area (Å²) in [6.45, 7) is 0. The minimum Gasteiger partial charge on any atom is -0.481 e. The monoisotopic (exact) mass is 308 g/mol. The molecule has 0 aliphatic carbocycles. The van der Waals surface area contributed by atoms with Crippen molar-refractivity contribution in [3.63, 3.8) is 0 Å². The topological polar surface area (TPSA) is 103 Å². The van der Waals surface area contributed by atoms with Crippen LogP contribution >= 0.6 is 11.6 Å². The maximum Gasteiger partial charge on any atom is 0.307 e. The van der Waals surface area contributed by atoms with E-state index in [0.29, 0.717) is 5.56 Å². The highest BCUT2D eigenvalue weighted by Gasteiger charge is 2.14. The molecule has 21 heavy (non-hydrogen) atoms. The van der Waals surface area contributed by atoms with Crippen LogP contribution in [-0.4, -0.2) is 21.0 Å². The number of rotatable bonds is 5. The molecule has 2 aromatic rings. The Labute approximate surface area is 123 Å². The van der Waals surface area contributed by atoms with Crippen molar-refractivity contribution in [1.29, 1.82) is 0 Å². The molecule has 8 heteroatoms. The van der Waals surface area contributed by atoms with Crippen molar-refractivity contribution in [2.75, 3.05) is 0 Å². The predicted octanol–water partition coefficient (Wildman–Crippen LogP) is 3.06. The van der Waals surface area contributed by atoms with Crippen molar-refractivity contribution < 1.29 is 19.6 Å². The lowest BCUT2D eigenvalue weighted by Crippen LogP contribution is -2.02. The van der Waals surface area contributed by atoms with E-state index < -0.39 is 10.9 Å². The van der Waals surface area contributed by atoms with Crippen LogP contribution in [-0.2, 0) is 11.2 Å². The lowest BCUT2D eigenvalue weighted by atomic mass is 10.1. The first-order valence-electron chi connectivity index (χ1n) is 5.75. The summed E-state index contributed by atoms with van der Waals surface area (Å²) in [7, 11) is 0. The number of benzene rings is 1. The minimum atomic E-state index is -1.01. The van der Waals surface area contributed by atoms with Gasteiger partial charge in [-0.15, -0.1) is 0 Å². The molecule has 1 aromatic heterocycles. The summed E-state index contributed by atoms with van der Waals surface area (Å²) in [5.74, 6) is -0.753. The smallest absolute Gasteiger partial charge is 0.307 e. The van der Waals surface area contributed by atoms with Gasteiger partial charge in [0.05, 0.1) is 11.3 Å². The van der Waals surface area contributed by atoms with Crippen molar-refractivity contribution in [3.8, 4) is 11.6 Å². The van der Waals surface area contributed by atoms with Crippen LogP contribution in [0.5, 0.6) is 11.6 Å². The molecular weight excluding hydrogens is 300 g/mol. The lowest BCUT2D eigenvalue weighted by Gasteiger charge is -2.09. The van der Waals surface area contributed by atoms with E-state index >= 15 is 0 Å². The number of para-hydroxylation sites is 1. The number of aromatic nitrogens is 1. The van der Waals surface area contributed by atoms with Crippen molar-refractivity contribution >= 4 is 23.3 Å². The van der Waals surface area contributed by atoms with Gasteiger partial charge in [-0.25, -0.2) is 4.98 Å². The number of halogens is 1. The van der Waals surface area contributed by atoms with Gasteiger partial charge in [0.25, 0.3) is 5.69 Å². The third-order valence-corrected chi connectivity index (χ3v) is 2.80. The summed E-state index contributed by atoms with van der Waals surface area (Å²) >= 11 is 5.87. The van der Waals surface area contributed by atoms with Gasteiger partial charge in [0.15, 0.2) is 0 Å². The minimum absolute atomic E-state index is 0.0277. The third kappa shape index (κ3) is 3.67. The summed E-state index contributed by atoms with van der Waals surface area (Å²) in [5.41, 5.74) is 0.187. The van der Waals surface area contributed by atoms with Crippen molar-refractivity contribution in [3.05, 3.63) is 57.2 Å². The third-order valence-electron chi connectivity index (χ3n) is 2.52. The summed E-state index contributed by atoms with van der Waals surface area (Å²) in [5, 5.41) is 19.4. The van der Waals surface area contributed by atoms with Gasteiger partial charge in [0, 0.05) is 11.6 Å². The van der Waals surface area contributed by atoms with E-state index in [9.17, 15) is 14.9 Å². The van der Waals surface area contributed by atoms with Gasteiger partial charge < -0.3 is 9.84 Å². The highest BCUT2D eigenvalue weighted by atomic mass is 35.5. The molecule has 0 bridgehead atoms. The van der Waals surface area contributed by atoms with Gasteiger partial charge in [0.2, 0.25) is 5.88 Å². The Morgan fingerprint density at radius 2 is 2.14 bits per heavy atom. The van der Waals surface area contributed by atoms with Gasteiger partial charge in [-0.2, -0.15) is 0 Å². The normalized spacial score (nSPS) is 10.1. The Morgan fingerprint density at radius 1 is 1.43 bits per heavy atom. The average Bonchev–Trinajstić information content (AvgIpc) is 2.42. The van der Waals surface area contributed by atoms with Gasteiger partial charge in [-0.1, -0.05) is 29.8 Å². The summed E-state index contributed by atoms with van der Waals surface area (Å²) in [4.78, 5) is 24.5. The van der Waals surface area contributed by atoms with Gasteiger partial charge in [-0.05, 0) is 6.07 Å². The largest absolute Gasteiger partial charge is 0.481 e. The molecule has 108 valence electrons. The second kappa shape index (κ2) is 6.19. The molecule has 0 amide bonds. The van der Waals surface area contributed by atoms with Crippen LogP contribution in [0.4, 0.5) is 5.69 Å². The highest BCUT2D eigenvalue weighted by molar-refractivity contribution is 6.32. The average molecular weight is 309 g/mol. The van der Waals surface area contributed by atoms with Crippen molar-refractivity contribution in [1.82, 2.24) is 4.98 Å². The van der Waals surface area contributed by atoms with E-state index in [2.05, 4.69) is 4.98 Å². The van der Waals surface area contributed by atoms with Crippen molar-refractivity contribution in [2.45, 2.75) is 6.42 Å².